The Morgan fingerprint density at radius 1 is 1.36 bits per heavy atom. The van der Waals surface area contributed by atoms with Gasteiger partial charge in [0.05, 0.1) is 18.8 Å². The van der Waals surface area contributed by atoms with Crippen molar-refractivity contribution in [3.8, 4) is 0 Å². The average Bonchev–Trinajstić information content (AvgIpc) is 2.02. The van der Waals surface area contributed by atoms with Crippen molar-refractivity contribution in [3.63, 3.8) is 0 Å². The minimum absolute atomic E-state index is 0.0555. The highest BCUT2D eigenvalue weighted by Gasteiger charge is 2.38. The second-order valence-corrected chi connectivity index (χ2v) is 9.27. The van der Waals surface area contributed by atoms with Gasteiger partial charge in [0.1, 0.15) is 5.44 Å². The van der Waals surface area contributed by atoms with E-state index in [1.165, 1.54) is 0 Å². The largest absolute Gasteiger partial charge is 0.394 e. The maximum atomic E-state index is 9.90. The van der Waals surface area contributed by atoms with Crippen molar-refractivity contribution in [3.05, 3.63) is 0 Å². The highest BCUT2D eigenvalue weighted by Crippen LogP contribution is 2.47. The van der Waals surface area contributed by atoms with E-state index in [2.05, 4.69) is 18.8 Å². The molecule has 0 saturated carbocycles. The first-order chi connectivity index (χ1) is 6.36. The van der Waals surface area contributed by atoms with Crippen LogP contribution in [0.1, 0.15) is 13.3 Å². The molecule has 0 bridgehead atoms. The van der Waals surface area contributed by atoms with Gasteiger partial charge in [-0.05, 0) is 31.1 Å². The normalized spacial score (nSPS) is 41.0. The average molecular weight is 222 g/mol. The lowest BCUT2D eigenvalue weighted by atomic mass is 9.95. The van der Waals surface area contributed by atoms with E-state index in [9.17, 15) is 5.11 Å². The molecule has 1 heterocycles. The summed E-state index contributed by atoms with van der Waals surface area (Å²) in [6.45, 7) is 2.07. The van der Waals surface area contributed by atoms with E-state index in [-0.39, 0.29) is 30.2 Å². The molecule has 1 aliphatic rings. The zero-order valence-electron chi connectivity index (χ0n) is 9.43. The predicted octanol–water partition coefficient (Wildman–Crippen LogP) is 0.785. The summed E-state index contributed by atoms with van der Waals surface area (Å²) in [5.74, 6) is 0.244. The van der Waals surface area contributed by atoms with Crippen molar-refractivity contribution < 1.29 is 14.9 Å². The van der Waals surface area contributed by atoms with Crippen LogP contribution in [-0.2, 0) is 4.74 Å². The molecule has 0 aromatic carbocycles. The van der Waals surface area contributed by atoms with Gasteiger partial charge in [0.2, 0.25) is 0 Å². The molecule has 2 N–H and O–H groups in total. The zero-order valence-corrected chi connectivity index (χ0v) is 10.3. The Morgan fingerprint density at radius 2 is 1.93 bits per heavy atom. The number of aliphatic hydroxyl groups is 2. The van der Waals surface area contributed by atoms with E-state index in [0.29, 0.717) is 0 Å². The summed E-state index contributed by atoms with van der Waals surface area (Å²) >= 11 is 0. The van der Waals surface area contributed by atoms with Crippen molar-refractivity contribution in [2.45, 2.75) is 31.0 Å². The molecule has 4 unspecified atom stereocenters. The number of hydrogen-bond donors (Lipinski definition) is 2. The van der Waals surface area contributed by atoms with Gasteiger partial charge >= 0.3 is 0 Å². The van der Waals surface area contributed by atoms with Crippen molar-refractivity contribution >= 4 is 10.0 Å². The van der Waals surface area contributed by atoms with Gasteiger partial charge in [0, 0.05) is 0 Å². The van der Waals surface area contributed by atoms with Crippen LogP contribution in [-0.4, -0.2) is 53.2 Å². The maximum Gasteiger partial charge on any atom is 0.114 e. The first kappa shape index (κ1) is 12.3. The molecule has 86 valence electrons. The van der Waals surface area contributed by atoms with Crippen LogP contribution in [0.5, 0.6) is 0 Å². The van der Waals surface area contributed by atoms with Gasteiger partial charge in [0.25, 0.3) is 0 Å². The molecular weight excluding hydrogens is 200 g/mol. The van der Waals surface area contributed by atoms with Gasteiger partial charge in [-0.15, -0.1) is 0 Å². The Balaban J connectivity index is 2.69. The van der Waals surface area contributed by atoms with Crippen LogP contribution < -0.4 is 0 Å². The van der Waals surface area contributed by atoms with E-state index in [1.54, 1.807) is 0 Å². The molecule has 0 radical (unpaired) electrons. The molecule has 4 atom stereocenters. The fourth-order valence-corrected chi connectivity index (χ4v) is 3.43. The van der Waals surface area contributed by atoms with Crippen molar-refractivity contribution in [1.29, 1.82) is 0 Å². The summed E-state index contributed by atoms with van der Waals surface area (Å²) < 4.78 is 5.76. The summed E-state index contributed by atoms with van der Waals surface area (Å²) in [4.78, 5) is 0. The molecular formula is C10H22O3S. The van der Waals surface area contributed by atoms with Crippen molar-refractivity contribution in [2.24, 2.45) is 5.92 Å². The van der Waals surface area contributed by atoms with E-state index in [1.807, 2.05) is 6.92 Å². The second-order valence-electron chi connectivity index (χ2n) is 4.94. The topological polar surface area (TPSA) is 49.7 Å². The smallest absolute Gasteiger partial charge is 0.114 e. The van der Waals surface area contributed by atoms with Crippen LogP contribution in [0.2, 0.25) is 0 Å². The van der Waals surface area contributed by atoms with Gasteiger partial charge in [-0.25, -0.2) is 10.0 Å². The Hall–Kier alpha value is 0.230. The van der Waals surface area contributed by atoms with E-state index in [0.717, 1.165) is 6.42 Å². The molecule has 0 aliphatic carbocycles. The van der Waals surface area contributed by atoms with Crippen molar-refractivity contribution in [1.82, 2.24) is 0 Å². The minimum Gasteiger partial charge on any atom is -0.394 e. The third-order valence-electron chi connectivity index (χ3n) is 2.75. The molecule has 1 aliphatic heterocycles. The lowest BCUT2D eigenvalue weighted by Gasteiger charge is -2.46. The first-order valence-corrected chi connectivity index (χ1v) is 7.90. The van der Waals surface area contributed by atoms with Crippen LogP contribution in [0.3, 0.4) is 0 Å². The summed E-state index contributed by atoms with van der Waals surface area (Å²) in [6, 6.07) is 0. The maximum absolute atomic E-state index is 9.90. The molecule has 0 amide bonds. The first-order valence-electron chi connectivity index (χ1n) is 4.98. The molecule has 0 aromatic rings. The lowest BCUT2D eigenvalue weighted by Crippen LogP contribution is -2.46. The molecule has 1 fully saturated rings. The third-order valence-corrected chi connectivity index (χ3v) is 4.57. The predicted molar refractivity (Wildman–Crippen MR) is 60.9 cm³/mol. The summed E-state index contributed by atoms with van der Waals surface area (Å²) in [6.07, 6.45) is 6.65. The number of hydrogen-bond acceptors (Lipinski definition) is 3. The van der Waals surface area contributed by atoms with Crippen LogP contribution in [0.15, 0.2) is 0 Å². The Kier molecular flexibility index (Phi) is 3.86. The van der Waals surface area contributed by atoms with Crippen LogP contribution >= 0.6 is 10.0 Å². The molecule has 3 nitrogen and oxygen atoms in total. The Bertz CT molecular complexity index is 190. The van der Waals surface area contributed by atoms with Gasteiger partial charge < -0.3 is 14.9 Å². The molecule has 1 rings (SSSR count). The summed E-state index contributed by atoms with van der Waals surface area (Å²) in [5, 5.41) is 19.0. The summed E-state index contributed by atoms with van der Waals surface area (Å²) in [5.41, 5.74) is -0.0872. The van der Waals surface area contributed by atoms with Gasteiger partial charge in [-0.3, -0.25) is 0 Å². The Morgan fingerprint density at radius 3 is 2.36 bits per heavy atom. The third kappa shape index (κ3) is 2.63. The standard InChI is InChI=1S/C10H22O3S/c1-7-5-8(12)10(14(2,3)4)13-9(7)6-11/h7-12H,5-6H2,1-4H3. The highest BCUT2D eigenvalue weighted by atomic mass is 32.3. The number of rotatable bonds is 2. The molecule has 1 saturated heterocycles. The fourth-order valence-electron chi connectivity index (χ4n) is 1.90. The van der Waals surface area contributed by atoms with Crippen LogP contribution in [0.4, 0.5) is 0 Å². The lowest BCUT2D eigenvalue weighted by molar-refractivity contribution is -0.119. The summed E-state index contributed by atoms with van der Waals surface area (Å²) in [7, 11) is -0.925. The van der Waals surface area contributed by atoms with E-state index < -0.39 is 10.0 Å². The molecule has 0 spiro atoms. The number of ether oxygens (including phenoxy) is 1. The molecule has 14 heavy (non-hydrogen) atoms. The SMILES string of the molecule is CC1CC(O)C(S(C)(C)C)OC1CO. The second kappa shape index (κ2) is 4.39. The van der Waals surface area contributed by atoms with Gasteiger partial charge in [0.15, 0.2) is 0 Å². The zero-order chi connectivity index (χ0) is 10.9. The quantitative estimate of drug-likeness (QED) is 0.726. The van der Waals surface area contributed by atoms with Crippen LogP contribution in [0, 0.1) is 5.92 Å². The monoisotopic (exact) mass is 222 g/mol. The van der Waals surface area contributed by atoms with Gasteiger partial charge in [-0.1, -0.05) is 6.92 Å². The fraction of sp³-hybridized carbons (Fsp3) is 1.00. The highest BCUT2D eigenvalue weighted by molar-refractivity contribution is 8.32. The van der Waals surface area contributed by atoms with E-state index in [4.69, 9.17) is 9.84 Å². The van der Waals surface area contributed by atoms with E-state index >= 15 is 0 Å². The van der Waals surface area contributed by atoms with Crippen LogP contribution in [0.25, 0.3) is 0 Å². The Labute approximate surface area is 87.8 Å². The number of aliphatic hydroxyl groups excluding tert-OH is 2. The minimum atomic E-state index is -0.925. The van der Waals surface area contributed by atoms with Crippen molar-refractivity contribution in [2.75, 3.05) is 25.4 Å². The van der Waals surface area contributed by atoms with Gasteiger partial charge in [-0.2, -0.15) is 0 Å². The molecule has 0 aromatic heterocycles. The molecule has 4 heteroatoms.